The number of benzene rings is 2. The van der Waals surface area contributed by atoms with Gasteiger partial charge in [0.15, 0.2) is 0 Å². The zero-order chi connectivity index (χ0) is 17.1. The van der Waals surface area contributed by atoms with Gasteiger partial charge in [0.1, 0.15) is 22.5 Å². The van der Waals surface area contributed by atoms with Crippen LogP contribution in [-0.2, 0) is 20.4 Å². The van der Waals surface area contributed by atoms with Crippen LogP contribution in [0.2, 0.25) is 0 Å². The molecule has 2 heterocycles. The molecule has 4 aromatic rings. The van der Waals surface area contributed by atoms with Crippen molar-refractivity contribution in [1.29, 1.82) is 0 Å². The summed E-state index contributed by atoms with van der Waals surface area (Å²) in [6.45, 7) is 0. The molecule has 6 nitrogen and oxygen atoms in total. The van der Waals surface area contributed by atoms with E-state index >= 15 is 0 Å². The molecule has 0 radical (unpaired) electrons. The molecule has 0 unspecified atom stereocenters. The third-order valence-corrected chi connectivity index (χ3v) is 3.34. The topological polar surface area (TPSA) is 112 Å². The van der Waals surface area contributed by atoms with Crippen molar-refractivity contribution >= 4 is 33.3 Å². The second-order valence-corrected chi connectivity index (χ2v) is 5.05. The fourth-order valence-corrected chi connectivity index (χ4v) is 2.16. The number of hydrogen-bond acceptors (Lipinski definition) is 6. The summed E-state index contributed by atoms with van der Waals surface area (Å²) in [6, 6.07) is 17.7. The van der Waals surface area contributed by atoms with Gasteiger partial charge < -0.3 is 68.3 Å². The minimum atomic E-state index is -0.478. The van der Waals surface area contributed by atoms with Gasteiger partial charge in [-0.05, 0) is 24.3 Å². The van der Waals surface area contributed by atoms with Gasteiger partial charge in [0, 0.05) is 10.8 Å². The van der Waals surface area contributed by atoms with Gasteiger partial charge in [-0.25, -0.2) is 9.59 Å². The van der Waals surface area contributed by atoms with Gasteiger partial charge in [-0.3, -0.25) is 0 Å². The molecule has 9 heteroatoms. The first-order valence-electron chi connectivity index (χ1n) is 7.11. The van der Waals surface area contributed by atoms with E-state index in [2.05, 4.69) is 0 Å². The van der Waals surface area contributed by atoms with Crippen molar-refractivity contribution in [1.82, 2.24) is 0 Å². The van der Waals surface area contributed by atoms with Crippen LogP contribution in [0.4, 0.5) is 11.4 Å². The summed E-state index contributed by atoms with van der Waals surface area (Å²) >= 11 is 0. The van der Waals surface area contributed by atoms with E-state index in [0.717, 1.165) is 10.8 Å². The molecule has 4 N–H and O–H groups in total. The Labute approximate surface area is 202 Å². The molecule has 0 aliphatic carbocycles. The van der Waals surface area contributed by atoms with E-state index < -0.39 is 11.3 Å². The van der Waals surface area contributed by atoms with Crippen molar-refractivity contribution in [3.05, 3.63) is 81.5 Å². The third-order valence-electron chi connectivity index (χ3n) is 3.34. The van der Waals surface area contributed by atoms with Crippen molar-refractivity contribution in [2.45, 2.75) is 0 Å². The van der Waals surface area contributed by atoms with Crippen LogP contribution in [0.1, 0.15) is 0 Å². The average molecular weight is 683 g/mol. The minimum Gasteiger partial charge on any atom is -1.00 e. The van der Waals surface area contributed by atoms with Crippen LogP contribution in [-0.4, -0.2) is 0 Å². The summed E-state index contributed by atoms with van der Waals surface area (Å²) in [5.74, 6) is 0. The Morgan fingerprint density at radius 2 is 0.963 bits per heavy atom. The van der Waals surface area contributed by atoms with Gasteiger partial charge in [-0.15, -0.1) is 0 Å². The van der Waals surface area contributed by atoms with Crippen LogP contribution < -0.4 is 70.7 Å². The largest absolute Gasteiger partial charge is 2.00 e. The average Bonchev–Trinajstić information content (AvgIpc) is 2.57. The van der Waals surface area contributed by atoms with E-state index in [9.17, 15) is 9.59 Å². The first kappa shape index (κ1) is 25.6. The Kier molecular flexibility index (Phi) is 10.8. The molecule has 0 saturated carbocycles. The maximum atomic E-state index is 10.9. The molecule has 4 rings (SSSR count). The monoisotopic (exact) mass is 682 g/mol. The molecular formula is C18H14I2N2O4Pd. The summed E-state index contributed by atoms with van der Waals surface area (Å²) in [5.41, 5.74) is 11.2. The molecule has 0 bridgehead atoms. The second kappa shape index (κ2) is 11.4. The van der Waals surface area contributed by atoms with Crippen molar-refractivity contribution in [2.75, 3.05) is 11.5 Å². The zero-order valence-corrected chi connectivity index (χ0v) is 19.5. The van der Waals surface area contributed by atoms with Crippen LogP contribution in [0, 0.1) is 0 Å². The van der Waals surface area contributed by atoms with E-state index in [1.165, 1.54) is 0 Å². The number of fused-ring (bicyclic) bond motifs is 2. The van der Waals surface area contributed by atoms with Crippen molar-refractivity contribution in [2.24, 2.45) is 0 Å². The molecule has 0 aliphatic heterocycles. The summed E-state index contributed by atoms with van der Waals surface area (Å²) in [4.78, 5) is 21.9. The van der Waals surface area contributed by atoms with E-state index in [-0.39, 0.29) is 79.8 Å². The Hall–Kier alpha value is -1.42. The van der Waals surface area contributed by atoms with Gasteiger partial charge in [0.25, 0.3) is 0 Å². The summed E-state index contributed by atoms with van der Waals surface area (Å²) in [7, 11) is 0. The zero-order valence-electron chi connectivity index (χ0n) is 13.6. The summed E-state index contributed by atoms with van der Waals surface area (Å²) in [6.07, 6.45) is 0. The van der Waals surface area contributed by atoms with Crippen molar-refractivity contribution in [3.63, 3.8) is 0 Å². The fourth-order valence-electron chi connectivity index (χ4n) is 2.16. The molecule has 2 aromatic heterocycles. The van der Waals surface area contributed by atoms with E-state index in [4.69, 9.17) is 20.3 Å². The number of rotatable bonds is 0. The quantitative estimate of drug-likeness (QED) is 0.115. The Morgan fingerprint density at radius 3 is 1.33 bits per heavy atom. The number of nitrogens with two attached hydrogens (primary N) is 2. The molecule has 0 amide bonds. The molecule has 0 saturated heterocycles. The molecule has 0 fully saturated rings. The van der Waals surface area contributed by atoms with Crippen LogP contribution in [0.25, 0.3) is 21.9 Å². The first-order chi connectivity index (χ1) is 11.5. The normalized spacial score (nSPS) is 9.19. The maximum Gasteiger partial charge on any atom is 2.00 e. The number of nitrogen functional groups attached to an aromatic ring is 2. The van der Waals surface area contributed by atoms with E-state index in [0.29, 0.717) is 11.2 Å². The Bertz CT molecular complexity index is 1050. The van der Waals surface area contributed by atoms with Crippen molar-refractivity contribution < 1.29 is 77.2 Å². The van der Waals surface area contributed by atoms with Crippen molar-refractivity contribution in [3.8, 4) is 0 Å². The molecule has 0 aliphatic rings. The number of anilines is 2. The number of para-hydroxylation sites is 2. The number of hydrogen-bond donors (Lipinski definition) is 2. The molecule has 144 valence electrons. The van der Waals surface area contributed by atoms with Crippen LogP contribution >= 0.6 is 0 Å². The van der Waals surface area contributed by atoms with Crippen LogP contribution in [0.15, 0.2) is 79.1 Å². The molecule has 2 aromatic carbocycles. The second-order valence-electron chi connectivity index (χ2n) is 5.05. The van der Waals surface area contributed by atoms with E-state index in [1.807, 2.05) is 36.4 Å². The van der Waals surface area contributed by atoms with Gasteiger partial charge in [0.2, 0.25) is 0 Å². The first-order valence-corrected chi connectivity index (χ1v) is 7.11. The standard InChI is InChI=1S/2C9H7NO2.2HI.Pd/c2*10-7-5-6-3-1-2-4-8(6)12-9(7)11;;;/h2*1-5H,10H2;2*1H;/q;;;;+2/p-2. The Balaban J connectivity index is 0.000000451. The molecular weight excluding hydrogens is 668 g/mol. The number of halogens is 2. The SMILES string of the molecule is Nc1cc2ccccc2oc1=O.Nc1cc2ccccc2oc1=O.[I-].[I-].[Pd+2]. The predicted octanol–water partition coefficient (Wildman–Crippen LogP) is -3.24. The minimum absolute atomic E-state index is 0. The smallest absolute Gasteiger partial charge is 1.00 e. The van der Waals surface area contributed by atoms with Gasteiger partial charge in [0.05, 0.1) is 0 Å². The van der Waals surface area contributed by atoms with Gasteiger partial charge in [-0.2, -0.15) is 0 Å². The molecule has 0 atom stereocenters. The summed E-state index contributed by atoms with van der Waals surface area (Å²) in [5, 5.41) is 1.68. The van der Waals surface area contributed by atoms with E-state index in [1.54, 1.807) is 24.3 Å². The van der Waals surface area contributed by atoms with Gasteiger partial charge in [-0.1, -0.05) is 36.4 Å². The predicted molar refractivity (Wildman–Crippen MR) is 93.8 cm³/mol. The molecule has 0 spiro atoms. The summed E-state index contributed by atoms with van der Waals surface area (Å²) < 4.78 is 9.82. The van der Waals surface area contributed by atoms with Crippen LogP contribution in [0.3, 0.4) is 0 Å². The Morgan fingerprint density at radius 1 is 0.630 bits per heavy atom. The molecule has 27 heavy (non-hydrogen) atoms. The van der Waals surface area contributed by atoms with Crippen LogP contribution in [0.5, 0.6) is 0 Å². The maximum absolute atomic E-state index is 10.9. The fraction of sp³-hybridized carbons (Fsp3) is 0. The van der Waals surface area contributed by atoms with Gasteiger partial charge >= 0.3 is 31.7 Å². The third kappa shape index (κ3) is 6.31.